The average molecular weight is 972 g/mol. The molecule has 0 spiro atoms. The molecule has 2 saturated heterocycles. The number of hydrogen-bond donors (Lipinski definition) is 3. The maximum absolute atomic E-state index is 14.0. The number of anilines is 1. The minimum atomic E-state index is -0.908. The number of carbonyl (C=O) groups excluding carboxylic acids is 7. The number of hydrogen-bond acceptors (Lipinski definition) is 12. The van der Waals surface area contributed by atoms with Gasteiger partial charge in [-0.15, -0.1) is 0 Å². The van der Waals surface area contributed by atoms with Crippen molar-refractivity contribution in [2.24, 2.45) is 5.41 Å². The van der Waals surface area contributed by atoms with Gasteiger partial charge in [0.2, 0.25) is 17.6 Å². The molecule has 2 aliphatic rings. The zero-order chi connectivity index (χ0) is 50.3. The second-order valence-electron chi connectivity index (χ2n) is 18.4. The Labute approximate surface area is 411 Å². The van der Waals surface area contributed by atoms with Gasteiger partial charge in [-0.2, -0.15) is 12.6 Å². The summed E-state index contributed by atoms with van der Waals surface area (Å²) < 4.78 is 23.1. The molecule has 2 fully saturated rings. The van der Waals surface area contributed by atoms with Gasteiger partial charge in [-0.05, 0) is 118 Å². The number of ether oxygens (including phenoxy) is 4. The van der Waals surface area contributed by atoms with Crippen LogP contribution in [0.1, 0.15) is 113 Å². The number of aryl methyl sites for hydroxylation is 1. The maximum atomic E-state index is 14.0. The number of piperidine rings is 1. The van der Waals surface area contributed by atoms with Crippen molar-refractivity contribution in [3.63, 3.8) is 0 Å². The molecule has 0 aliphatic carbocycles. The predicted molar refractivity (Wildman–Crippen MR) is 265 cm³/mol. The molecule has 0 bridgehead atoms. The first kappa shape index (κ1) is 53.8. The van der Waals surface area contributed by atoms with Crippen LogP contribution in [0.4, 0.5) is 5.69 Å². The highest BCUT2D eigenvalue weighted by molar-refractivity contribution is 7.81. The zero-order valence-corrected chi connectivity index (χ0v) is 41.9. The molecule has 0 radical (unpaired) electrons. The lowest BCUT2D eigenvalue weighted by molar-refractivity contribution is -0.164. The van der Waals surface area contributed by atoms with Crippen molar-refractivity contribution in [2.75, 3.05) is 59.4 Å². The second-order valence-corrected chi connectivity index (χ2v) is 19.1. The van der Waals surface area contributed by atoms with Crippen molar-refractivity contribution < 1.29 is 52.5 Å². The lowest BCUT2D eigenvalue weighted by Crippen LogP contribution is -2.53. The van der Waals surface area contributed by atoms with E-state index in [0.29, 0.717) is 111 Å². The Hall–Kier alpha value is -6.10. The van der Waals surface area contributed by atoms with Crippen LogP contribution in [-0.4, -0.2) is 127 Å². The van der Waals surface area contributed by atoms with Gasteiger partial charge in [-0.25, -0.2) is 4.79 Å². The summed E-state index contributed by atoms with van der Waals surface area (Å²) in [5.74, 6) is -1.25. The van der Waals surface area contributed by atoms with Gasteiger partial charge in [0.05, 0.1) is 14.2 Å². The van der Waals surface area contributed by atoms with Crippen LogP contribution < -0.4 is 24.8 Å². The normalized spacial score (nSPS) is 17.3. The first-order valence-electron chi connectivity index (χ1n) is 23.8. The number of methoxy groups -OCH3 is 2. The van der Waals surface area contributed by atoms with Crippen LogP contribution >= 0.6 is 12.6 Å². The molecule has 2 N–H and O–H groups in total. The van der Waals surface area contributed by atoms with Gasteiger partial charge >= 0.3 is 5.97 Å². The molecule has 4 atom stereocenters. The summed E-state index contributed by atoms with van der Waals surface area (Å²) in [5, 5.41) is 5.65. The summed E-state index contributed by atoms with van der Waals surface area (Å²) in [4.78, 5) is 96.5. The van der Waals surface area contributed by atoms with Crippen LogP contribution in [-0.2, 0) is 39.9 Å². The lowest BCUT2D eigenvalue weighted by atomic mass is 9.84. The van der Waals surface area contributed by atoms with Crippen molar-refractivity contribution in [3.8, 4) is 17.2 Å². The minimum absolute atomic E-state index is 0.0813. The Bertz CT molecular complexity index is 2310. The van der Waals surface area contributed by atoms with Gasteiger partial charge < -0.3 is 44.3 Å². The Kier molecular flexibility index (Phi) is 19.9. The van der Waals surface area contributed by atoms with Crippen molar-refractivity contribution in [3.05, 3.63) is 83.4 Å². The van der Waals surface area contributed by atoms with E-state index in [1.165, 1.54) is 16.7 Å². The third-order valence-corrected chi connectivity index (χ3v) is 13.3. The van der Waals surface area contributed by atoms with E-state index in [4.69, 9.17) is 18.9 Å². The topological polar surface area (TPSA) is 190 Å². The number of likely N-dealkylation sites (tertiary alicyclic amines) is 2. The second kappa shape index (κ2) is 25.5. The zero-order valence-electron chi connectivity index (χ0n) is 41.0. The third kappa shape index (κ3) is 14.9. The van der Waals surface area contributed by atoms with Crippen molar-refractivity contribution in [2.45, 2.75) is 115 Å². The molecule has 5 rings (SSSR count). The van der Waals surface area contributed by atoms with Gasteiger partial charge in [0.15, 0.2) is 18.1 Å². The summed E-state index contributed by atoms with van der Waals surface area (Å²) in [5.41, 5.74) is 1.58. The fourth-order valence-electron chi connectivity index (χ4n) is 8.42. The molecule has 0 saturated carbocycles. The Morgan fingerprint density at radius 3 is 2.36 bits per heavy atom. The molecular weight excluding hydrogens is 903 g/mol. The Morgan fingerprint density at radius 2 is 1.64 bits per heavy atom. The van der Waals surface area contributed by atoms with Crippen LogP contribution in [0, 0.1) is 5.41 Å². The van der Waals surface area contributed by atoms with E-state index in [2.05, 4.69) is 23.3 Å². The van der Waals surface area contributed by atoms with Gasteiger partial charge in [-0.3, -0.25) is 28.8 Å². The summed E-state index contributed by atoms with van der Waals surface area (Å²) >= 11 is 4.45. The monoisotopic (exact) mass is 971 g/mol. The van der Waals surface area contributed by atoms with Gasteiger partial charge in [-0.1, -0.05) is 45.0 Å². The number of carbonyl (C=O) groups is 7. The smallest absolute Gasteiger partial charge is 0.329 e. The number of amides is 5. The molecule has 16 nitrogen and oxygen atoms in total. The van der Waals surface area contributed by atoms with E-state index in [-0.39, 0.29) is 42.0 Å². The number of benzene rings is 3. The summed E-state index contributed by atoms with van der Waals surface area (Å²) in [7, 11) is 4.84. The molecule has 2 heterocycles. The quantitative estimate of drug-likeness (QED) is 0.0402. The predicted octanol–water partition coefficient (Wildman–Crippen LogP) is 6.60. The molecule has 2 aliphatic heterocycles. The largest absolute Gasteiger partial charge is 0.493 e. The van der Waals surface area contributed by atoms with Gasteiger partial charge in [0.25, 0.3) is 17.7 Å². The molecule has 3 aromatic carbocycles. The van der Waals surface area contributed by atoms with Crippen LogP contribution in [0.25, 0.3) is 0 Å². The van der Waals surface area contributed by atoms with Gasteiger partial charge in [0.1, 0.15) is 23.9 Å². The highest BCUT2D eigenvalue weighted by atomic mass is 32.1. The molecule has 17 heteroatoms. The van der Waals surface area contributed by atoms with E-state index in [9.17, 15) is 33.6 Å². The van der Waals surface area contributed by atoms with E-state index in [1.807, 2.05) is 31.2 Å². The molecule has 0 unspecified atom stereocenters. The van der Waals surface area contributed by atoms with Crippen LogP contribution in [0.15, 0.2) is 66.7 Å². The summed E-state index contributed by atoms with van der Waals surface area (Å²) in [6.07, 6.45) is 4.92. The van der Waals surface area contributed by atoms with E-state index >= 15 is 0 Å². The lowest BCUT2D eigenvalue weighted by Gasteiger charge is -2.36. The average Bonchev–Trinajstić information content (AvgIpc) is 3.76. The van der Waals surface area contributed by atoms with Crippen molar-refractivity contribution >= 4 is 59.6 Å². The third-order valence-electron chi connectivity index (χ3n) is 12.9. The number of unbranched alkanes of at least 4 members (excludes halogenated alkanes) is 2. The molecule has 0 aromatic heterocycles. The minimum Gasteiger partial charge on any atom is -0.493 e. The number of nitrogens with one attached hydrogen (secondary N) is 2. The molecule has 69 heavy (non-hydrogen) atoms. The molecule has 374 valence electrons. The number of nitrogens with zero attached hydrogens (tertiary/aromatic N) is 3. The van der Waals surface area contributed by atoms with Gasteiger partial charge in [0, 0.05) is 62.1 Å². The van der Waals surface area contributed by atoms with Crippen molar-refractivity contribution in [1.29, 1.82) is 0 Å². The highest BCUT2D eigenvalue weighted by Crippen LogP contribution is 2.33. The SMILES string of the molecule is CCC(C)(C)C(=O)C(=O)N1CCCC[C@H]1C(=O)O[C@H](CCc1ccc(OC)c(OC)c1)c1cccc(OCC(=O)NCCCCCN(C)C(=O)c2cccc(NC(=O)[C@@H]3C[C@H](S)CN3C(C)=O)c2)c1. The van der Waals surface area contributed by atoms with E-state index in [1.54, 1.807) is 82.5 Å². The first-order valence-corrected chi connectivity index (χ1v) is 24.4. The fraction of sp³-hybridized carbons (Fsp3) is 0.519. The molecule has 3 aromatic rings. The molecular formula is C52H69N5O11S. The summed E-state index contributed by atoms with van der Waals surface area (Å²) in [6, 6.07) is 17.8. The Balaban J connectivity index is 1.12. The Morgan fingerprint density at radius 1 is 0.884 bits per heavy atom. The van der Waals surface area contributed by atoms with Crippen molar-refractivity contribution in [1.82, 2.24) is 20.0 Å². The maximum Gasteiger partial charge on any atom is 0.329 e. The van der Waals surface area contributed by atoms with E-state index < -0.39 is 41.3 Å². The first-order chi connectivity index (χ1) is 33.0. The number of rotatable bonds is 23. The fourth-order valence-corrected chi connectivity index (χ4v) is 8.79. The molecule has 5 amide bonds. The van der Waals surface area contributed by atoms with Crippen LogP contribution in [0.2, 0.25) is 0 Å². The summed E-state index contributed by atoms with van der Waals surface area (Å²) in [6.45, 7) is 8.10. The highest BCUT2D eigenvalue weighted by Gasteiger charge is 2.41. The van der Waals surface area contributed by atoms with Crippen LogP contribution in [0.5, 0.6) is 17.2 Å². The number of Topliss-reactive ketones (excluding diaryl/α,β-unsaturated/α-hetero) is 1. The number of ketones is 1. The van der Waals surface area contributed by atoms with Crippen LogP contribution in [0.3, 0.4) is 0 Å². The number of esters is 1. The van der Waals surface area contributed by atoms with E-state index in [0.717, 1.165) is 12.0 Å². The number of thiol groups is 1. The standard InChI is InChI=1S/C52H69N5O11S/c1-8-52(3,4)47(60)50(63)56-27-13-10-20-41(56)51(64)68-43(23-21-35-22-24-44(65-6)45(28-35)66-7)36-16-15-19-39(30-36)67-33-46(59)53-25-11-9-12-26-55(5)49(62)37-17-14-18-38(29-37)54-48(61)42-31-40(69)32-57(42)34(2)58/h14-19,22,24,28-30,40-43,69H,8-13,20-21,23,25-27,31-33H2,1-7H3,(H,53,59)(H,54,61)/t40-,41-,42-,43+/m0/s1.